The summed E-state index contributed by atoms with van der Waals surface area (Å²) < 4.78 is 18.7. The minimum Gasteiger partial charge on any atom is -0.439 e. The molecule has 0 unspecified atom stereocenters. The summed E-state index contributed by atoms with van der Waals surface area (Å²) in [6, 6.07) is 9.63. The maximum Gasteiger partial charge on any atom is 0.219 e. The number of hydrogen-bond donors (Lipinski definition) is 2. The van der Waals surface area contributed by atoms with Crippen LogP contribution in [0, 0.1) is 11.7 Å². The molecular formula is C19H26FIN4O. The molecule has 0 radical (unpaired) electrons. The standard InChI is InChI=1S/C19H25FN4O.HI/c1-4-21-19(23-11-14(2)3)24-13-15-8-9-18(22-12-15)25-17-7-5-6-16(20)10-17;/h5-10,12,14H,4,11,13H2,1-3H3,(H2,21,23,24);1H. The molecule has 0 aliphatic rings. The summed E-state index contributed by atoms with van der Waals surface area (Å²) in [5.41, 5.74) is 0.966. The van der Waals surface area contributed by atoms with Crippen LogP contribution in [0.4, 0.5) is 4.39 Å². The SMILES string of the molecule is CCNC(=NCc1ccc(Oc2cccc(F)c2)nc1)NCC(C)C.I. The molecule has 0 aliphatic heterocycles. The number of benzene rings is 1. The minimum atomic E-state index is -0.340. The Hall–Kier alpha value is -1.90. The number of halogens is 2. The van der Waals surface area contributed by atoms with Crippen molar-refractivity contribution in [2.75, 3.05) is 13.1 Å². The van der Waals surface area contributed by atoms with E-state index in [-0.39, 0.29) is 29.8 Å². The van der Waals surface area contributed by atoms with E-state index in [1.807, 2.05) is 13.0 Å². The number of nitrogens with one attached hydrogen (secondary N) is 2. The molecule has 1 aromatic heterocycles. The van der Waals surface area contributed by atoms with E-state index in [1.165, 1.54) is 12.1 Å². The van der Waals surface area contributed by atoms with Gasteiger partial charge in [0.1, 0.15) is 11.6 Å². The van der Waals surface area contributed by atoms with Gasteiger partial charge in [-0.3, -0.25) is 0 Å². The number of aromatic nitrogens is 1. The van der Waals surface area contributed by atoms with Gasteiger partial charge in [-0.05, 0) is 30.5 Å². The summed E-state index contributed by atoms with van der Waals surface area (Å²) in [6.45, 7) is 8.52. The maximum atomic E-state index is 13.2. The van der Waals surface area contributed by atoms with Gasteiger partial charge in [-0.25, -0.2) is 14.4 Å². The Labute approximate surface area is 171 Å². The predicted molar refractivity (Wildman–Crippen MR) is 114 cm³/mol. The van der Waals surface area contributed by atoms with Crippen LogP contribution in [0.1, 0.15) is 26.3 Å². The molecule has 0 bridgehead atoms. The van der Waals surface area contributed by atoms with Crippen LogP contribution in [-0.2, 0) is 6.54 Å². The van der Waals surface area contributed by atoms with Gasteiger partial charge in [0.15, 0.2) is 5.96 Å². The van der Waals surface area contributed by atoms with E-state index in [2.05, 4.69) is 34.5 Å². The summed E-state index contributed by atoms with van der Waals surface area (Å²) in [5, 5.41) is 6.51. The van der Waals surface area contributed by atoms with Crippen LogP contribution in [0.2, 0.25) is 0 Å². The second kappa shape index (κ2) is 11.7. The zero-order chi connectivity index (χ0) is 18.1. The van der Waals surface area contributed by atoms with Gasteiger partial charge in [0.05, 0.1) is 6.54 Å². The van der Waals surface area contributed by atoms with E-state index in [1.54, 1.807) is 24.4 Å². The van der Waals surface area contributed by atoms with Gasteiger partial charge in [-0.15, -0.1) is 24.0 Å². The Bertz CT molecular complexity index is 692. The monoisotopic (exact) mass is 472 g/mol. The Morgan fingerprint density at radius 2 is 2.04 bits per heavy atom. The van der Waals surface area contributed by atoms with Gasteiger partial charge in [0.2, 0.25) is 5.88 Å². The summed E-state index contributed by atoms with van der Waals surface area (Å²) in [7, 11) is 0. The van der Waals surface area contributed by atoms with Crippen molar-refractivity contribution in [1.82, 2.24) is 15.6 Å². The number of pyridine rings is 1. The second-order valence-corrected chi connectivity index (χ2v) is 6.03. The molecule has 26 heavy (non-hydrogen) atoms. The van der Waals surface area contributed by atoms with Crippen LogP contribution < -0.4 is 15.4 Å². The lowest BCUT2D eigenvalue weighted by Gasteiger charge is -2.13. The molecule has 0 atom stereocenters. The number of guanidine groups is 1. The van der Waals surface area contributed by atoms with Gasteiger partial charge >= 0.3 is 0 Å². The normalized spacial score (nSPS) is 11.0. The number of hydrogen-bond acceptors (Lipinski definition) is 3. The third kappa shape index (κ3) is 7.99. The first-order valence-electron chi connectivity index (χ1n) is 8.47. The number of ether oxygens (including phenoxy) is 1. The number of aliphatic imine (C=N–C) groups is 1. The van der Waals surface area contributed by atoms with Gasteiger partial charge in [-0.2, -0.15) is 0 Å². The zero-order valence-electron chi connectivity index (χ0n) is 15.3. The van der Waals surface area contributed by atoms with E-state index in [0.29, 0.717) is 24.1 Å². The summed E-state index contributed by atoms with van der Waals surface area (Å²) in [6.07, 6.45) is 1.71. The van der Waals surface area contributed by atoms with Crippen molar-refractivity contribution in [2.24, 2.45) is 10.9 Å². The van der Waals surface area contributed by atoms with Crippen molar-refractivity contribution in [3.63, 3.8) is 0 Å². The van der Waals surface area contributed by atoms with Crippen molar-refractivity contribution in [1.29, 1.82) is 0 Å². The fourth-order valence-electron chi connectivity index (χ4n) is 2.03. The Morgan fingerprint density at radius 3 is 2.65 bits per heavy atom. The van der Waals surface area contributed by atoms with Gasteiger partial charge in [0, 0.05) is 31.4 Å². The molecule has 2 rings (SSSR count). The summed E-state index contributed by atoms with van der Waals surface area (Å²) in [5.74, 6) is 1.84. The van der Waals surface area contributed by atoms with Crippen molar-refractivity contribution < 1.29 is 9.13 Å². The Balaban J connectivity index is 0.00000338. The number of nitrogens with zero attached hydrogens (tertiary/aromatic N) is 2. The molecule has 5 nitrogen and oxygen atoms in total. The molecule has 0 amide bonds. The van der Waals surface area contributed by atoms with E-state index in [4.69, 9.17) is 4.74 Å². The highest BCUT2D eigenvalue weighted by molar-refractivity contribution is 14.0. The highest BCUT2D eigenvalue weighted by Gasteiger charge is 2.02. The first-order chi connectivity index (χ1) is 12.1. The molecule has 0 saturated carbocycles. The highest BCUT2D eigenvalue weighted by Crippen LogP contribution is 2.20. The first-order valence-corrected chi connectivity index (χ1v) is 8.47. The molecular weight excluding hydrogens is 446 g/mol. The molecule has 0 fully saturated rings. The maximum absolute atomic E-state index is 13.2. The topological polar surface area (TPSA) is 58.5 Å². The molecule has 7 heteroatoms. The quantitative estimate of drug-likeness (QED) is 0.358. The highest BCUT2D eigenvalue weighted by atomic mass is 127. The van der Waals surface area contributed by atoms with Crippen LogP contribution in [0.3, 0.4) is 0 Å². The zero-order valence-corrected chi connectivity index (χ0v) is 17.7. The van der Waals surface area contributed by atoms with Crippen LogP contribution >= 0.6 is 24.0 Å². The van der Waals surface area contributed by atoms with E-state index in [0.717, 1.165) is 24.6 Å². The number of rotatable bonds is 7. The predicted octanol–water partition coefficient (Wildman–Crippen LogP) is 4.34. The Kier molecular flexibility index (Phi) is 9.93. The molecule has 0 spiro atoms. The van der Waals surface area contributed by atoms with Crippen molar-refractivity contribution in [3.05, 3.63) is 54.0 Å². The van der Waals surface area contributed by atoms with Crippen LogP contribution in [-0.4, -0.2) is 24.0 Å². The van der Waals surface area contributed by atoms with E-state index >= 15 is 0 Å². The van der Waals surface area contributed by atoms with Crippen LogP contribution in [0.25, 0.3) is 0 Å². The third-order valence-electron chi connectivity index (χ3n) is 3.26. The largest absolute Gasteiger partial charge is 0.439 e. The summed E-state index contributed by atoms with van der Waals surface area (Å²) >= 11 is 0. The van der Waals surface area contributed by atoms with Gasteiger partial charge in [-0.1, -0.05) is 26.0 Å². The summed E-state index contributed by atoms with van der Waals surface area (Å²) in [4.78, 5) is 8.79. The fraction of sp³-hybridized carbons (Fsp3) is 0.368. The molecule has 2 aromatic rings. The van der Waals surface area contributed by atoms with Crippen LogP contribution in [0.15, 0.2) is 47.6 Å². The van der Waals surface area contributed by atoms with Crippen molar-refractivity contribution in [2.45, 2.75) is 27.3 Å². The van der Waals surface area contributed by atoms with Gasteiger partial charge < -0.3 is 15.4 Å². The van der Waals surface area contributed by atoms with Crippen molar-refractivity contribution >= 4 is 29.9 Å². The molecule has 142 valence electrons. The molecule has 0 aliphatic carbocycles. The Morgan fingerprint density at radius 1 is 1.23 bits per heavy atom. The molecule has 1 heterocycles. The molecule has 0 saturated heterocycles. The van der Waals surface area contributed by atoms with Crippen molar-refractivity contribution in [3.8, 4) is 11.6 Å². The second-order valence-electron chi connectivity index (χ2n) is 6.03. The van der Waals surface area contributed by atoms with Gasteiger partial charge in [0.25, 0.3) is 0 Å². The smallest absolute Gasteiger partial charge is 0.219 e. The third-order valence-corrected chi connectivity index (χ3v) is 3.26. The average molecular weight is 472 g/mol. The minimum absolute atomic E-state index is 0. The van der Waals surface area contributed by atoms with Crippen LogP contribution in [0.5, 0.6) is 11.6 Å². The lowest BCUT2D eigenvalue weighted by molar-refractivity contribution is 0.457. The average Bonchev–Trinajstić information content (AvgIpc) is 2.58. The fourth-order valence-corrected chi connectivity index (χ4v) is 2.03. The van der Waals surface area contributed by atoms with E-state index in [9.17, 15) is 4.39 Å². The lowest BCUT2D eigenvalue weighted by Crippen LogP contribution is -2.39. The first kappa shape index (κ1) is 22.1. The lowest BCUT2D eigenvalue weighted by atomic mass is 10.2. The molecule has 1 aromatic carbocycles. The van der Waals surface area contributed by atoms with E-state index < -0.39 is 0 Å². The molecule has 2 N–H and O–H groups in total.